The Labute approximate surface area is 87.5 Å². The van der Waals surface area contributed by atoms with Crippen LogP contribution >= 0.6 is 0 Å². The Kier molecular flexibility index (Phi) is 3.41. The molecule has 2 aliphatic rings. The average molecular weight is 191 g/mol. The lowest BCUT2D eigenvalue weighted by atomic mass is 9.88. The molecule has 1 aliphatic heterocycles. The lowest BCUT2D eigenvalue weighted by Gasteiger charge is -2.29. The van der Waals surface area contributed by atoms with Crippen molar-refractivity contribution < 1.29 is 0 Å². The molecule has 0 spiro atoms. The van der Waals surface area contributed by atoms with Crippen LogP contribution in [0.2, 0.25) is 0 Å². The third kappa shape index (κ3) is 2.71. The molecule has 0 aromatic carbocycles. The fourth-order valence-electron chi connectivity index (χ4n) is 2.42. The van der Waals surface area contributed by atoms with Crippen molar-refractivity contribution in [2.24, 2.45) is 5.92 Å². The molecule has 0 aromatic heterocycles. The molecule has 0 radical (unpaired) electrons. The van der Waals surface area contributed by atoms with Crippen LogP contribution in [0.25, 0.3) is 0 Å². The first-order chi connectivity index (χ1) is 6.84. The Bertz CT molecular complexity index is 232. The van der Waals surface area contributed by atoms with Crippen LogP contribution in [0.5, 0.6) is 0 Å². The SMILES string of the molecule is CN1CCC(CC2=CCCC=C2)CC1. The summed E-state index contributed by atoms with van der Waals surface area (Å²) in [6.45, 7) is 2.59. The van der Waals surface area contributed by atoms with Crippen LogP contribution in [-0.4, -0.2) is 25.0 Å². The Hall–Kier alpha value is -0.560. The minimum atomic E-state index is 0.945. The molecule has 0 bridgehead atoms. The summed E-state index contributed by atoms with van der Waals surface area (Å²) in [6, 6.07) is 0. The molecule has 78 valence electrons. The van der Waals surface area contributed by atoms with Crippen LogP contribution < -0.4 is 0 Å². The van der Waals surface area contributed by atoms with Crippen LogP contribution in [0.3, 0.4) is 0 Å². The predicted molar refractivity (Wildman–Crippen MR) is 61.3 cm³/mol. The minimum Gasteiger partial charge on any atom is -0.306 e. The summed E-state index contributed by atoms with van der Waals surface area (Å²) in [7, 11) is 2.23. The first-order valence-electron chi connectivity index (χ1n) is 5.89. The molecule has 1 nitrogen and oxygen atoms in total. The molecular formula is C13H21N. The van der Waals surface area contributed by atoms with E-state index in [1.54, 1.807) is 5.57 Å². The summed E-state index contributed by atoms with van der Waals surface area (Å²) in [5.41, 5.74) is 1.59. The molecule has 1 heterocycles. The third-order valence-corrected chi connectivity index (χ3v) is 3.43. The second-order valence-electron chi connectivity index (χ2n) is 4.71. The highest BCUT2D eigenvalue weighted by Gasteiger charge is 2.17. The maximum absolute atomic E-state index is 2.45. The number of rotatable bonds is 2. The molecule has 1 aliphatic carbocycles. The van der Waals surface area contributed by atoms with Crippen LogP contribution in [0, 0.1) is 5.92 Å². The maximum atomic E-state index is 2.45. The molecule has 0 N–H and O–H groups in total. The largest absolute Gasteiger partial charge is 0.306 e. The van der Waals surface area contributed by atoms with Crippen molar-refractivity contribution >= 4 is 0 Å². The summed E-state index contributed by atoms with van der Waals surface area (Å²) >= 11 is 0. The van der Waals surface area contributed by atoms with E-state index in [-0.39, 0.29) is 0 Å². The van der Waals surface area contributed by atoms with Crippen molar-refractivity contribution in [3.8, 4) is 0 Å². The first kappa shape index (κ1) is 9.97. The topological polar surface area (TPSA) is 3.24 Å². The molecule has 0 unspecified atom stereocenters. The van der Waals surface area contributed by atoms with Gasteiger partial charge < -0.3 is 4.90 Å². The van der Waals surface area contributed by atoms with Crippen LogP contribution in [-0.2, 0) is 0 Å². The van der Waals surface area contributed by atoms with Crippen molar-refractivity contribution in [3.63, 3.8) is 0 Å². The van der Waals surface area contributed by atoms with Crippen molar-refractivity contribution in [1.82, 2.24) is 4.90 Å². The predicted octanol–water partition coefficient (Wildman–Crippen LogP) is 2.99. The van der Waals surface area contributed by atoms with Crippen molar-refractivity contribution in [2.45, 2.75) is 32.1 Å². The molecule has 0 amide bonds. The Balaban J connectivity index is 1.80. The molecule has 14 heavy (non-hydrogen) atoms. The van der Waals surface area contributed by atoms with Gasteiger partial charge in [0.2, 0.25) is 0 Å². The fourth-order valence-corrected chi connectivity index (χ4v) is 2.42. The van der Waals surface area contributed by atoms with E-state index in [9.17, 15) is 0 Å². The van der Waals surface area contributed by atoms with Crippen molar-refractivity contribution in [2.75, 3.05) is 20.1 Å². The van der Waals surface area contributed by atoms with Crippen LogP contribution in [0.4, 0.5) is 0 Å². The van der Waals surface area contributed by atoms with Crippen molar-refractivity contribution in [1.29, 1.82) is 0 Å². The van der Waals surface area contributed by atoms with Gasteiger partial charge in [0.15, 0.2) is 0 Å². The summed E-state index contributed by atoms with van der Waals surface area (Å²) in [5, 5.41) is 0. The van der Waals surface area contributed by atoms with Gasteiger partial charge in [0.1, 0.15) is 0 Å². The number of piperidine rings is 1. The van der Waals surface area contributed by atoms with Gasteiger partial charge in [0.25, 0.3) is 0 Å². The molecule has 0 atom stereocenters. The van der Waals surface area contributed by atoms with Gasteiger partial charge in [-0.2, -0.15) is 0 Å². The minimum absolute atomic E-state index is 0.945. The van der Waals surface area contributed by atoms with Crippen LogP contribution in [0.1, 0.15) is 32.1 Å². The van der Waals surface area contributed by atoms with E-state index in [1.165, 1.54) is 45.2 Å². The monoisotopic (exact) mass is 191 g/mol. The summed E-state index contributed by atoms with van der Waals surface area (Å²) in [4.78, 5) is 2.45. The summed E-state index contributed by atoms with van der Waals surface area (Å²) in [5.74, 6) is 0.945. The molecule has 1 fully saturated rings. The molecule has 0 aromatic rings. The number of hydrogen-bond acceptors (Lipinski definition) is 1. The Morgan fingerprint density at radius 2 is 2.07 bits per heavy atom. The lowest BCUT2D eigenvalue weighted by molar-refractivity contribution is 0.219. The van der Waals surface area contributed by atoms with Gasteiger partial charge in [0, 0.05) is 0 Å². The maximum Gasteiger partial charge on any atom is -0.00190 e. The molecule has 1 saturated heterocycles. The van der Waals surface area contributed by atoms with E-state index in [2.05, 4.69) is 30.2 Å². The van der Waals surface area contributed by atoms with Gasteiger partial charge in [-0.3, -0.25) is 0 Å². The molecule has 1 heteroatoms. The van der Waals surface area contributed by atoms with E-state index in [0.717, 1.165) is 5.92 Å². The smallest absolute Gasteiger partial charge is 0.00190 e. The van der Waals surface area contributed by atoms with Gasteiger partial charge in [-0.05, 0) is 58.2 Å². The highest BCUT2D eigenvalue weighted by atomic mass is 15.1. The third-order valence-electron chi connectivity index (χ3n) is 3.43. The van der Waals surface area contributed by atoms with E-state index in [1.807, 2.05) is 0 Å². The summed E-state index contributed by atoms with van der Waals surface area (Å²) < 4.78 is 0. The fraction of sp³-hybridized carbons (Fsp3) is 0.692. The molecule has 0 saturated carbocycles. The molecule has 2 rings (SSSR count). The zero-order chi connectivity index (χ0) is 9.80. The highest BCUT2D eigenvalue weighted by Crippen LogP contribution is 2.25. The Morgan fingerprint density at radius 1 is 1.29 bits per heavy atom. The van der Waals surface area contributed by atoms with E-state index in [4.69, 9.17) is 0 Å². The zero-order valence-electron chi connectivity index (χ0n) is 9.21. The lowest BCUT2D eigenvalue weighted by Crippen LogP contribution is -2.30. The van der Waals surface area contributed by atoms with E-state index >= 15 is 0 Å². The normalized spacial score (nSPS) is 25.1. The number of nitrogens with zero attached hydrogens (tertiary/aromatic N) is 1. The van der Waals surface area contributed by atoms with Crippen LogP contribution in [0.15, 0.2) is 23.8 Å². The first-order valence-corrected chi connectivity index (χ1v) is 5.89. The van der Waals surface area contributed by atoms with E-state index in [0.29, 0.717) is 0 Å². The standard InChI is InChI=1S/C13H21N/c1-14-9-7-13(8-10-14)11-12-5-3-2-4-6-12/h3,5-6,13H,2,4,7-11H2,1H3. The van der Waals surface area contributed by atoms with Gasteiger partial charge in [-0.1, -0.05) is 23.8 Å². The quantitative estimate of drug-likeness (QED) is 0.648. The number of allylic oxidation sites excluding steroid dienone is 4. The van der Waals surface area contributed by atoms with E-state index < -0.39 is 0 Å². The second-order valence-corrected chi connectivity index (χ2v) is 4.71. The van der Waals surface area contributed by atoms with Gasteiger partial charge in [0.05, 0.1) is 0 Å². The van der Waals surface area contributed by atoms with Gasteiger partial charge in [-0.15, -0.1) is 0 Å². The van der Waals surface area contributed by atoms with Crippen molar-refractivity contribution in [3.05, 3.63) is 23.8 Å². The second kappa shape index (κ2) is 4.79. The number of likely N-dealkylation sites (tertiary alicyclic amines) is 1. The zero-order valence-corrected chi connectivity index (χ0v) is 9.21. The highest BCUT2D eigenvalue weighted by molar-refractivity contribution is 5.22. The number of hydrogen-bond donors (Lipinski definition) is 0. The Morgan fingerprint density at radius 3 is 2.71 bits per heavy atom. The van der Waals surface area contributed by atoms with Gasteiger partial charge >= 0.3 is 0 Å². The summed E-state index contributed by atoms with van der Waals surface area (Å²) in [6.07, 6.45) is 13.7. The molecular weight excluding hydrogens is 170 g/mol. The van der Waals surface area contributed by atoms with Gasteiger partial charge in [-0.25, -0.2) is 0 Å². The average Bonchev–Trinajstić information content (AvgIpc) is 2.23.